The van der Waals surface area contributed by atoms with E-state index in [0.29, 0.717) is 11.3 Å². The zero-order chi connectivity index (χ0) is 23.3. The zero-order valence-electron chi connectivity index (χ0n) is 18.5. The molecule has 1 amide bonds. The Morgan fingerprint density at radius 2 is 1.94 bits per heavy atom. The van der Waals surface area contributed by atoms with Crippen molar-refractivity contribution in [2.75, 3.05) is 11.9 Å². The number of rotatable bonds is 6. The van der Waals surface area contributed by atoms with Crippen LogP contribution in [0.3, 0.4) is 0 Å². The molecule has 1 aromatic carbocycles. The third-order valence-electron chi connectivity index (χ3n) is 6.67. The number of carbonyl (C=O) groups is 3. The van der Waals surface area contributed by atoms with E-state index in [-0.39, 0.29) is 16.9 Å². The van der Waals surface area contributed by atoms with E-state index in [2.05, 4.69) is 36.0 Å². The van der Waals surface area contributed by atoms with Crippen LogP contribution in [0.2, 0.25) is 0 Å². The molecule has 2 aliphatic rings. The van der Waals surface area contributed by atoms with Crippen LogP contribution in [0.5, 0.6) is 0 Å². The second kappa shape index (κ2) is 7.78. The van der Waals surface area contributed by atoms with Crippen molar-refractivity contribution in [1.29, 1.82) is 0 Å². The first-order valence-corrected chi connectivity index (χ1v) is 10.8. The highest BCUT2D eigenvalue weighted by molar-refractivity contribution is 6.03. The lowest BCUT2D eigenvalue weighted by Gasteiger charge is -2.40. The molecule has 32 heavy (non-hydrogen) atoms. The van der Waals surface area contributed by atoms with Gasteiger partial charge in [0.25, 0.3) is 0 Å². The number of hydrogen-bond donors (Lipinski definition) is 4. The summed E-state index contributed by atoms with van der Waals surface area (Å²) in [5.74, 6) is -2.67. The van der Waals surface area contributed by atoms with E-state index in [9.17, 15) is 19.5 Å². The Labute approximate surface area is 186 Å². The Kier molecular flexibility index (Phi) is 5.36. The number of nitrogens with zero attached hydrogens (tertiary/aromatic N) is 1. The van der Waals surface area contributed by atoms with Gasteiger partial charge in [-0.05, 0) is 48.3 Å². The topological polar surface area (TPSA) is 123 Å². The molecule has 2 heterocycles. The summed E-state index contributed by atoms with van der Waals surface area (Å²) in [7, 11) is 0. The van der Waals surface area contributed by atoms with Gasteiger partial charge in [0.05, 0.1) is 0 Å². The van der Waals surface area contributed by atoms with Crippen molar-refractivity contribution in [2.24, 2.45) is 10.8 Å². The number of aromatic amines is 1. The van der Waals surface area contributed by atoms with E-state index in [1.165, 1.54) is 0 Å². The lowest BCUT2D eigenvalue weighted by molar-refractivity contribution is -0.144. The molecule has 2 bridgehead atoms. The maximum atomic E-state index is 12.5. The molecular weight excluding hydrogens is 410 g/mol. The van der Waals surface area contributed by atoms with Gasteiger partial charge in [-0.15, -0.1) is 0 Å². The van der Waals surface area contributed by atoms with E-state index in [1.54, 1.807) is 24.4 Å². The van der Waals surface area contributed by atoms with E-state index < -0.39 is 23.9 Å². The number of benzene rings is 1. The number of H-pyrrole nitrogens is 1. The maximum absolute atomic E-state index is 12.5. The second-order valence-corrected chi connectivity index (χ2v) is 10.3. The molecule has 4 rings (SSSR count). The number of fused-ring (bicyclic) bond motifs is 3. The Balaban J connectivity index is 1.67. The van der Waals surface area contributed by atoms with E-state index in [1.807, 2.05) is 0 Å². The maximum Gasteiger partial charge on any atom is 0.328 e. The molecule has 0 spiro atoms. The highest BCUT2D eigenvalue weighted by Gasteiger charge is 2.52. The average molecular weight is 440 g/mol. The minimum atomic E-state index is -1.21. The highest BCUT2D eigenvalue weighted by Crippen LogP contribution is 2.54. The fourth-order valence-electron chi connectivity index (χ4n) is 6.04. The van der Waals surface area contributed by atoms with E-state index in [0.717, 1.165) is 48.9 Å². The van der Waals surface area contributed by atoms with Crippen molar-refractivity contribution in [3.63, 3.8) is 0 Å². The van der Waals surface area contributed by atoms with Gasteiger partial charge >= 0.3 is 11.9 Å². The van der Waals surface area contributed by atoms with Gasteiger partial charge in [0.2, 0.25) is 5.91 Å². The van der Waals surface area contributed by atoms with Gasteiger partial charge in [-0.2, -0.15) is 0 Å². The van der Waals surface area contributed by atoms with E-state index >= 15 is 0 Å². The van der Waals surface area contributed by atoms with Gasteiger partial charge in [0, 0.05) is 53.1 Å². The van der Waals surface area contributed by atoms with Crippen molar-refractivity contribution >= 4 is 34.4 Å². The number of anilines is 1. The number of nitrogens with one attached hydrogen (secondary N) is 2. The largest absolute Gasteiger partial charge is 0.480 e. The number of likely N-dealkylation sites (tertiary alicyclic amines) is 1. The first-order chi connectivity index (χ1) is 15.0. The van der Waals surface area contributed by atoms with Gasteiger partial charge in [-0.1, -0.05) is 20.8 Å². The standard InChI is InChI=1S/C24H29N3O5/c1-23(2)9-15-10-24(3,12-23)13-27(15)21(22(31)32)17-11-25-18-5-4-14(8-16(17)18)26-19(28)6-7-20(29)30/h4-8,11,15,21,25H,9-10,12-13H2,1-3H3,(H,26,28)(H,29,30)(H,31,32)/b7-6+/t15-,21-,24+/m0/s1. The number of carbonyl (C=O) groups excluding carboxylic acids is 1. The van der Waals surface area contributed by atoms with Crippen LogP contribution in [0.1, 0.15) is 51.6 Å². The molecule has 170 valence electrons. The van der Waals surface area contributed by atoms with Crippen LogP contribution in [0.15, 0.2) is 36.5 Å². The molecule has 8 heteroatoms. The summed E-state index contributed by atoms with van der Waals surface area (Å²) in [6.45, 7) is 7.51. The molecule has 4 N–H and O–H groups in total. The number of aromatic nitrogens is 1. The van der Waals surface area contributed by atoms with Crippen LogP contribution in [-0.2, 0) is 14.4 Å². The predicted molar refractivity (Wildman–Crippen MR) is 120 cm³/mol. The normalized spacial score (nSPS) is 25.8. The SMILES string of the molecule is CC1(C)C[C@H]2C[C@@](C)(CN2[C@H](C(=O)O)c2c[nH]c3ccc(NC(=O)/C=C/C(=O)O)cc23)C1. The summed E-state index contributed by atoms with van der Waals surface area (Å²) in [5, 5.41) is 22.3. The molecule has 1 aromatic heterocycles. The minimum Gasteiger partial charge on any atom is -0.480 e. The van der Waals surface area contributed by atoms with Gasteiger partial charge in [0.1, 0.15) is 6.04 Å². The second-order valence-electron chi connectivity index (χ2n) is 10.3. The number of carboxylic acid groups (broad SMARTS) is 2. The Morgan fingerprint density at radius 3 is 2.62 bits per heavy atom. The number of aliphatic carboxylic acids is 2. The molecule has 3 atom stereocenters. The van der Waals surface area contributed by atoms with Crippen LogP contribution in [0.25, 0.3) is 10.9 Å². The summed E-state index contributed by atoms with van der Waals surface area (Å²) in [6, 6.07) is 4.62. The molecule has 1 aliphatic carbocycles. The van der Waals surface area contributed by atoms with Crippen molar-refractivity contribution in [1.82, 2.24) is 9.88 Å². The van der Waals surface area contributed by atoms with Crippen LogP contribution in [0.4, 0.5) is 5.69 Å². The van der Waals surface area contributed by atoms with Crippen LogP contribution >= 0.6 is 0 Å². The molecule has 1 saturated carbocycles. The van der Waals surface area contributed by atoms with Gasteiger partial charge < -0.3 is 20.5 Å². The third-order valence-corrected chi connectivity index (χ3v) is 6.67. The number of hydrogen-bond acceptors (Lipinski definition) is 4. The molecule has 0 radical (unpaired) electrons. The third kappa shape index (κ3) is 4.27. The molecule has 1 saturated heterocycles. The fourth-order valence-corrected chi connectivity index (χ4v) is 6.04. The monoisotopic (exact) mass is 439 g/mol. The quantitative estimate of drug-likeness (QED) is 0.508. The predicted octanol–water partition coefficient (Wildman–Crippen LogP) is 3.77. The Hall–Kier alpha value is -3.13. The first kappa shape index (κ1) is 22.1. The minimum absolute atomic E-state index is 0.0990. The molecule has 2 aromatic rings. The molecule has 2 fully saturated rings. The van der Waals surface area contributed by atoms with Gasteiger partial charge in [-0.3, -0.25) is 14.5 Å². The fraction of sp³-hybridized carbons (Fsp3) is 0.458. The lowest BCUT2D eigenvalue weighted by Crippen LogP contribution is -2.39. The zero-order valence-corrected chi connectivity index (χ0v) is 18.5. The summed E-state index contributed by atoms with van der Waals surface area (Å²) in [4.78, 5) is 40.4. The van der Waals surface area contributed by atoms with Crippen molar-refractivity contribution in [3.05, 3.63) is 42.1 Å². The summed E-state index contributed by atoms with van der Waals surface area (Å²) >= 11 is 0. The molecular formula is C24H29N3O5. The van der Waals surface area contributed by atoms with Crippen molar-refractivity contribution < 1.29 is 24.6 Å². The number of amides is 1. The van der Waals surface area contributed by atoms with E-state index in [4.69, 9.17) is 5.11 Å². The summed E-state index contributed by atoms with van der Waals surface area (Å²) in [5.41, 5.74) is 2.19. The van der Waals surface area contributed by atoms with Gasteiger partial charge in [0.15, 0.2) is 0 Å². The number of carboxylic acids is 2. The molecule has 1 aliphatic heterocycles. The van der Waals surface area contributed by atoms with Crippen LogP contribution < -0.4 is 5.32 Å². The Bertz CT molecular complexity index is 1120. The van der Waals surface area contributed by atoms with Gasteiger partial charge in [-0.25, -0.2) is 4.79 Å². The summed E-state index contributed by atoms with van der Waals surface area (Å²) < 4.78 is 0. The average Bonchev–Trinajstić information content (AvgIpc) is 3.17. The van der Waals surface area contributed by atoms with Crippen molar-refractivity contribution in [3.8, 4) is 0 Å². The molecule has 8 nitrogen and oxygen atoms in total. The van der Waals surface area contributed by atoms with Crippen LogP contribution in [0, 0.1) is 10.8 Å². The highest BCUT2D eigenvalue weighted by atomic mass is 16.4. The Morgan fingerprint density at radius 1 is 1.19 bits per heavy atom. The first-order valence-electron chi connectivity index (χ1n) is 10.8. The van der Waals surface area contributed by atoms with Crippen molar-refractivity contribution in [2.45, 2.75) is 52.1 Å². The molecule has 0 unspecified atom stereocenters. The van der Waals surface area contributed by atoms with Crippen LogP contribution in [-0.4, -0.2) is 50.5 Å². The smallest absolute Gasteiger partial charge is 0.328 e. The summed E-state index contributed by atoms with van der Waals surface area (Å²) in [6.07, 6.45) is 6.50. The lowest BCUT2D eigenvalue weighted by atomic mass is 9.65.